The van der Waals surface area contributed by atoms with Gasteiger partial charge in [-0.2, -0.15) is 0 Å². The van der Waals surface area contributed by atoms with Gasteiger partial charge in [0.1, 0.15) is 0 Å². The number of benzene rings is 2. The van der Waals surface area contributed by atoms with E-state index in [9.17, 15) is 9.59 Å². The smallest absolute Gasteiger partial charge is 0.255 e. The van der Waals surface area contributed by atoms with E-state index < -0.39 is 0 Å². The number of methoxy groups -OCH3 is 2. The van der Waals surface area contributed by atoms with Gasteiger partial charge in [-0.25, -0.2) is 0 Å². The minimum absolute atomic E-state index is 0.0387. The van der Waals surface area contributed by atoms with Crippen molar-refractivity contribution in [1.29, 1.82) is 0 Å². The summed E-state index contributed by atoms with van der Waals surface area (Å²) >= 11 is 0. The van der Waals surface area contributed by atoms with E-state index in [1.165, 1.54) is 14.2 Å². The Balaban J connectivity index is 1.67. The van der Waals surface area contributed by atoms with Crippen LogP contribution < -0.4 is 14.8 Å². The summed E-state index contributed by atoms with van der Waals surface area (Å²) in [6, 6.07) is 14.7. The highest BCUT2D eigenvalue weighted by Gasteiger charge is 2.31. The molecule has 136 valence electrons. The molecule has 1 fully saturated rings. The van der Waals surface area contributed by atoms with Crippen molar-refractivity contribution >= 4 is 11.8 Å². The van der Waals surface area contributed by atoms with Gasteiger partial charge in [0.2, 0.25) is 5.91 Å². The number of ether oxygens (including phenoxy) is 2. The summed E-state index contributed by atoms with van der Waals surface area (Å²) in [5.74, 6) is 0.642. The van der Waals surface area contributed by atoms with Crippen LogP contribution in [0.4, 0.5) is 0 Å². The third-order valence-electron chi connectivity index (χ3n) is 4.41. The molecule has 6 nitrogen and oxygen atoms in total. The first-order valence-corrected chi connectivity index (χ1v) is 8.46. The number of amides is 2. The Hall–Kier alpha value is -3.02. The fourth-order valence-electron chi connectivity index (χ4n) is 3.15. The van der Waals surface area contributed by atoms with Gasteiger partial charge in [0.15, 0.2) is 11.5 Å². The lowest BCUT2D eigenvalue weighted by Crippen LogP contribution is -2.37. The molecule has 26 heavy (non-hydrogen) atoms. The van der Waals surface area contributed by atoms with E-state index in [0.717, 1.165) is 5.56 Å². The fourth-order valence-corrected chi connectivity index (χ4v) is 3.15. The molecular formula is C20H22N2O4. The molecule has 0 aromatic heterocycles. The summed E-state index contributed by atoms with van der Waals surface area (Å²) in [5.41, 5.74) is 1.46. The van der Waals surface area contributed by atoms with Crippen LogP contribution >= 0.6 is 0 Å². The zero-order chi connectivity index (χ0) is 18.5. The Labute approximate surface area is 152 Å². The van der Waals surface area contributed by atoms with Crippen molar-refractivity contribution in [2.24, 2.45) is 0 Å². The summed E-state index contributed by atoms with van der Waals surface area (Å²) in [7, 11) is 3.02. The minimum Gasteiger partial charge on any atom is -0.493 e. The number of nitrogens with one attached hydrogen (secondary N) is 1. The van der Waals surface area contributed by atoms with Crippen molar-refractivity contribution in [3.05, 3.63) is 59.7 Å². The van der Waals surface area contributed by atoms with Gasteiger partial charge in [-0.15, -0.1) is 0 Å². The van der Waals surface area contributed by atoms with E-state index in [1.54, 1.807) is 23.1 Å². The van der Waals surface area contributed by atoms with Crippen LogP contribution in [0.15, 0.2) is 48.5 Å². The molecule has 1 N–H and O–H groups in total. The van der Waals surface area contributed by atoms with Gasteiger partial charge in [0.05, 0.1) is 25.8 Å². The van der Waals surface area contributed by atoms with Gasteiger partial charge >= 0.3 is 0 Å². The van der Waals surface area contributed by atoms with Crippen LogP contribution in [0.25, 0.3) is 0 Å². The van der Waals surface area contributed by atoms with Crippen molar-refractivity contribution in [3.63, 3.8) is 0 Å². The van der Waals surface area contributed by atoms with E-state index in [0.29, 0.717) is 36.6 Å². The number of likely N-dealkylation sites (tertiary alicyclic amines) is 1. The van der Waals surface area contributed by atoms with Crippen LogP contribution in [0, 0.1) is 0 Å². The maximum absolute atomic E-state index is 12.6. The van der Waals surface area contributed by atoms with Crippen molar-refractivity contribution in [3.8, 4) is 11.5 Å². The highest BCUT2D eigenvalue weighted by molar-refractivity contribution is 5.98. The van der Waals surface area contributed by atoms with E-state index in [4.69, 9.17) is 9.47 Å². The number of carbonyl (C=O) groups is 2. The van der Waals surface area contributed by atoms with E-state index in [1.807, 2.05) is 30.3 Å². The molecule has 1 aliphatic heterocycles. The Morgan fingerprint density at radius 1 is 1.12 bits per heavy atom. The zero-order valence-electron chi connectivity index (χ0n) is 14.9. The monoisotopic (exact) mass is 354 g/mol. The quantitative estimate of drug-likeness (QED) is 0.864. The molecule has 0 aliphatic carbocycles. The predicted octanol–water partition coefficient (Wildman–Crippen LogP) is 2.23. The summed E-state index contributed by atoms with van der Waals surface area (Å²) in [6.07, 6.45) is 0.296. The SMILES string of the molecule is COc1cccc(C(=O)N[C@@H]2CC(=O)N(Cc3ccccc3)C2)c1OC. The number of nitrogens with zero attached hydrogens (tertiary/aromatic N) is 1. The predicted molar refractivity (Wildman–Crippen MR) is 97.3 cm³/mol. The second-order valence-corrected chi connectivity index (χ2v) is 6.18. The van der Waals surface area contributed by atoms with E-state index >= 15 is 0 Å². The average Bonchev–Trinajstić information content (AvgIpc) is 3.00. The van der Waals surface area contributed by atoms with Crippen molar-refractivity contribution < 1.29 is 19.1 Å². The molecule has 0 spiro atoms. The Morgan fingerprint density at radius 2 is 1.88 bits per heavy atom. The molecule has 0 radical (unpaired) electrons. The molecule has 1 aliphatic rings. The van der Waals surface area contributed by atoms with Gasteiger partial charge in [-0.05, 0) is 17.7 Å². The lowest BCUT2D eigenvalue weighted by molar-refractivity contribution is -0.128. The summed E-state index contributed by atoms with van der Waals surface area (Å²) < 4.78 is 10.5. The number of rotatable bonds is 6. The number of para-hydroxylation sites is 1. The lowest BCUT2D eigenvalue weighted by atomic mass is 10.1. The van der Waals surface area contributed by atoms with Gasteiger partial charge in [-0.3, -0.25) is 9.59 Å². The zero-order valence-corrected chi connectivity index (χ0v) is 14.9. The van der Waals surface area contributed by atoms with Crippen LogP contribution in [0.3, 0.4) is 0 Å². The molecule has 1 saturated heterocycles. The summed E-state index contributed by atoms with van der Waals surface area (Å²) in [4.78, 5) is 26.7. The molecule has 2 aromatic carbocycles. The number of hydrogen-bond acceptors (Lipinski definition) is 4. The molecule has 0 unspecified atom stereocenters. The third-order valence-corrected chi connectivity index (χ3v) is 4.41. The van der Waals surface area contributed by atoms with Crippen LogP contribution in [0.5, 0.6) is 11.5 Å². The van der Waals surface area contributed by atoms with Crippen molar-refractivity contribution in [2.45, 2.75) is 19.0 Å². The molecule has 2 amide bonds. The Bertz CT molecular complexity index is 792. The van der Waals surface area contributed by atoms with Gasteiger partial charge in [0.25, 0.3) is 5.91 Å². The molecule has 3 rings (SSSR count). The maximum Gasteiger partial charge on any atom is 0.255 e. The van der Waals surface area contributed by atoms with Gasteiger partial charge in [0, 0.05) is 19.5 Å². The minimum atomic E-state index is -0.278. The van der Waals surface area contributed by atoms with Gasteiger partial charge in [-0.1, -0.05) is 36.4 Å². The molecule has 1 heterocycles. The Morgan fingerprint density at radius 3 is 2.58 bits per heavy atom. The Kier molecular flexibility index (Phi) is 5.41. The number of hydrogen-bond donors (Lipinski definition) is 1. The topological polar surface area (TPSA) is 67.9 Å². The summed E-state index contributed by atoms with van der Waals surface area (Å²) in [6.45, 7) is 1.04. The molecule has 0 saturated carbocycles. The normalized spacial score (nSPS) is 16.5. The lowest BCUT2D eigenvalue weighted by Gasteiger charge is -2.18. The number of carbonyl (C=O) groups excluding carboxylic acids is 2. The van der Waals surface area contributed by atoms with Gasteiger partial charge < -0.3 is 19.7 Å². The average molecular weight is 354 g/mol. The second kappa shape index (κ2) is 7.91. The highest BCUT2D eigenvalue weighted by Crippen LogP contribution is 2.30. The maximum atomic E-state index is 12.6. The summed E-state index contributed by atoms with van der Waals surface area (Å²) in [5, 5.41) is 2.93. The van der Waals surface area contributed by atoms with E-state index in [-0.39, 0.29) is 17.9 Å². The second-order valence-electron chi connectivity index (χ2n) is 6.18. The van der Waals surface area contributed by atoms with Crippen molar-refractivity contribution in [2.75, 3.05) is 20.8 Å². The van der Waals surface area contributed by atoms with Crippen molar-refractivity contribution in [1.82, 2.24) is 10.2 Å². The van der Waals surface area contributed by atoms with Crippen LogP contribution in [-0.2, 0) is 11.3 Å². The molecule has 6 heteroatoms. The van der Waals surface area contributed by atoms with Crippen LogP contribution in [0.2, 0.25) is 0 Å². The largest absolute Gasteiger partial charge is 0.493 e. The highest BCUT2D eigenvalue weighted by atomic mass is 16.5. The van der Waals surface area contributed by atoms with Crippen LogP contribution in [0.1, 0.15) is 22.3 Å². The molecule has 2 aromatic rings. The first kappa shape index (κ1) is 17.8. The molecule has 1 atom stereocenters. The standard InChI is InChI=1S/C20H22N2O4/c1-25-17-10-6-9-16(19(17)26-2)20(24)21-15-11-18(23)22(13-15)12-14-7-4-3-5-8-14/h3-10,15H,11-13H2,1-2H3,(H,21,24)/t15-/m1/s1. The van der Waals surface area contributed by atoms with E-state index in [2.05, 4.69) is 5.32 Å². The first-order valence-electron chi connectivity index (χ1n) is 8.46. The molecule has 0 bridgehead atoms. The third kappa shape index (κ3) is 3.79. The molecular weight excluding hydrogens is 332 g/mol. The first-order chi connectivity index (χ1) is 12.6. The fraction of sp³-hybridized carbons (Fsp3) is 0.300. The van der Waals surface area contributed by atoms with Crippen LogP contribution in [-0.4, -0.2) is 43.5 Å².